The van der Waals surface area contributed by atoms with Crippen molar-refractivity contribution in [2.75, 3.05) is 27.2 Å². The maximum Gasteiger partial charge on any atom is 0.320 e. The molecule has 0 saturated heterocycles. The number of rotatable bonds is 4. The van der Waals surface area contributed by atoms with Gasteiger partial charge in [0.1, 0.15) is 6.54 Å². The molecular weight excluding hydrogens is 429 g/mol. The largest absolute Gasteiger partial charge is 0.331 e. The molecule has 1 atom stereocenters. The Morgan fingerprint density at radius 1 is 1.17 bits per heavy atom. The molecule has 2 heterocycles. The van der Waals surface area contributed by atoms with Gasteiger partial charge in [0.05, 0.1) is 6.04 Å². The third-order valence-corrected chi connectivity index (χ3v) is 7.02. The van der Waals surface area contributed by atoms with Gasteiger partial charge in [-0.15, -0.1) is 11.3 Å². The van der Waals surface area contributed by atoms with E-state index >= 15 is 0 Å². The first-order chi connectivity index (χ1) is 13.9. The second-order valence-electron chi connectivity index (χ2n) is 7.74. The van der Waals surface area contributed by atoms with Crippen molar-refractivity contribution in [2.24, 2.45) is 0 Å². The van der Waals surface area contributed by atoms with Crippen LogP contribution in [0.2, 0.25) is 10.0 Å². The molecule has 1 aromatic carbocycles. The zero-order valence-electron chi connectivity index (χ0n) is 16.4. The molecule has 1 saturated carbocycles. The number of fused-ring (bicyclic) bond motifs is 1. The van der Waals surface area contributed by atoms with Crippen LogP contribution in [-0.4, -0.2) is 59.9 Å². The zero-order valence-corrected chi connectivity index (χ0v) is 18.7. The Labute approximate surface area is 184 Å². The minimum Gasteiger partial charge on any atom is -0.331 e. The lowest BCUT2D eigenvalue weighted by atomic mass is 9.93. The molecule has 29 heavy (non-hydrogen) atoms. The van der Waals surface area contributed by atoms with Crippen LogP contribution in [0.5, 0.6) is 0 Å². The fraction of sp³-hybridized carbons (Fsp3) is 0.429. The second kappa shape index (κ2) is 8.17. The Morgan fingerprint density at radius 2 is 1.93 bits per heavy atom. The molecule has 1 aliphatic heterocycles. The van der Waals surface area contributed by atoms with Crippen LogP contribution < -0.4 is 0 Å². The van der Waals surface area contributed by atoms with Gasteiger partial charge >= 0.3 is 6.03 Å². The van der Waals surface area contributed by atoms with E-state index in [0.717, 1.165) is 30.4 Å². The van der Waals surface area contributed by atoms with Gasteiger partial charge in [0.2, 0.25) is 5.91 Å². The third kappa shape index (κ3) is 4.11. The van der Waals surface area contributed by atoms with E-state index < -0.39 is 0 Å². The van der Waals surface area contributed by atoms with Crippen LogP contribution in [0.3, 0.4) is 0 Å². The summed E-state index contributed by atoms with van der Waals surface area (Å²) in [7, 11) is 3.44. The van der Waals surface area contributed by atoms with E-state index in [9.17, 15) is 9.59 Å². The first-order valence-corrected chi connectivity index (χ1v) is 11.3. The standard InChI is InChI=1S/C21H23Cl2N3O2S/c1-24(2)21(28)26(14-4-5-14)12-19(27)25-9-7-18-16(8-10-29-18)20(25)15-6-3-13(22)11-17(15)23/h3,6,8,10-11,14,20H,4-5,7,9,12H2,1-2H3. The minimum atomic E-state index is -0.266. The van der Waals surface area contributed by atoms with E-state index in [0.29, 0.717) is 16.6 Å². The van der Waals surface area contributed by atoms with Crippen LogP contribution in [0, 0.1) is 0 Å². The maximum atomic E-state index is 13.4. The molecule has 5 nitrogen and oxygen atoms in total. The number of hydrogen-bond donors (Lipinski definition) is 0. The van der Waals surface area contributed by atoms with E-state index in [1.54, 1.807) is 42.5 Å². The maximum absolute atomic E-state index is 13.4. The molecule has 2 aliphatic rings. The van der Waals surface area contributed by atoms with Crippen molar-refractivity contribution in [1.82, 2.24) is 14.7 Å². The van der Waals surface area contributed by atoms with Crippen molar-refractivity contribution in [3.8, 4) is 0 Å². The van der Waals surface area contributed by atoms with Gasteiger partial charge in [0.25, 0.3) is 0 Å². The molecule has 1 aliphatic carbocycles. The summed E-state index contributed by atoms with van der Waals surface area (Å²) in [6.07, 6.45) is 2.72. The van der Waals surface area contributed by atoms with Gasteiger partial charge in [-0.3, -0.25) is 4.79 Å². The molecule has 8 heteroatoms. The van der Waals surface area contributed by atoms with Gasteiger partial charge in [-0.1, -0.05) is 29.3 Å². The Bertz CT molecular complexity index is 942. The molecule has 3 amide bonds. The van der Waals surface area contributed by atoms with Crippen molar-refractivity contribution in [3.05, 3.63) is 55.7 Å². The van der Waals surface area contributed by atoms with E-state index in [-0.39, 0.29) is 30.6 Å². The normalized spacial score (nSPS) is 18.3. The molecule has 0 spiro atoms. The summed E-state index contributed by atoms with van der Waals surface area (Å²) < 4.78 is 0. The van der Waals surface area contributed by atoms with Crippen molar-refractivity contribution in [1.29, 1.82) is 0 Å². The summed E-state index contributed by atoms with van der Waals surface area (Å²) in [5.41, 5.74) is 1.97. The number of thiophene rings is 1. The number of nitrogens with zero attached hydrogens (tertiary/aromatic N) is 3. The minimum absolute atomic E-state index is 0.0556. The van der Waals surface area contributed by atoms with Gasteiger partial charge in [0, 0.05) is 41.6 Å². The summed E-state index contributed by atoms with van der Waals surface area (Å²) in [5, 5.41) is 3.17. The van der Waals surface area contributed by atoms with Crippen LogP contribution >= 0.6 is 34.5 Å². The average molecular weight is 452 g/mol. The summed E-state index contributed by atoms with van der Waals surface area (Å²) in [5.74, 6) is -0.0556. The van der Waals surface area contributed by atoms with Crippen LogP contribution in [0.4, 0.5) is 4.79 Å². The van der Waals surface area contributed by atoms with Gasteiger partial charge in [-0.05, 0) is 54.0 Å². The number of hydrogen-bond acceptors (Lipinski definition) is 3. The average Bonchev–Trinajstić information content (AvgIpc) is 3.41. The monoisotopic (exact) mass is 451 g/mol. The number of benzene rings is 1. The number of urea groups is 1. The van der Waals surface area contributed by atoms with Crippen LogP contribution in [0.15, 0.2) is 29.6 Å². The van der Waals surface area contributed by atoms with Crippen molar-refractivity contribution in [3.63, 3.8) is 0 Å². The molecule has 1 unspecified atom stereocenters. The molecule has 1 aromatic heterocycles. The Balaban J connectivity index is 1.66. The predicted molar refractivity (Wildman–Crippen MR) is 117 cm³/mol. The van der Waals surface area contributed by atoms with E-state index in [4.69, 9.17) is 23.2 Å². The molecule has 0 radical (unpaired) electrons. The molecule has 0 N–H and O–H groups in total. The highest BCUT2D eigenvalue weighted by Gasteiger charge is 2.39. The van der Waals surface area contributed by atoms with E-state index in [2.05, 4.69) is 11.4 Å². The lowest BCUT2D eigenvalue weighted by molar-refractivity contribution is -0.134. The summed E-state index contributed by atoms with van der Waals surface area (Å²) >= 11 is 14.3. The Hall–Kier alpha value is -1.76. The van der Waals surface area contributed by atoms with Gasteiger partial charge in [-0.25, -0.2) is 4.79 Å². The lowest BCUT2D eigenvalue weighted by Crippen LogP contribution is -2.49. The number of carbonyl (C=O) groups is 2. The topological polar surface area (TPSA) is 43.9 Å². The second-order valence-corrected chi connectivity index (χ2v) is 9.59. The molecular formula is C21H23Cl2N3O2S. The van der Waals surface area contributed by atoms with Crippen LogP contribution in [-0.2, 0) is 11.2 Å². The first-order valence-electron chi connectivity index (χ1n) is 9.65. The summed E-state index contributed by atoms with van der Waals surface area (Å²) in [4.78, 5) is 32.4. The number of halogens is 2. The van der Waals surface area contributed by atoms with Crippen LogP contribution in [0.1, 0.15) is 34.9 Å². The van der Waals surface area contributed by atoms with Crippen molar-refractivity contribution in [2.45, 2.75) is 31.3 Å². The third-order valence-electron chi connectivity index (χ3n) is 5.46. The highest BCUT2D eigenvalue weighted by Crippen LogP contribution is 2.41. The lowest BCUT2D eigenvalue weighted by Gasteiger charge is -2.38. The van der Waals surface area contributed by atoms with E-state index in [1.807, 2.05) is 11.0 Å². The van der Waals surface area contributed by atoms with Crippen LogP contribution in [0.25, 0.3) is 0 Å². The zero-order chi connectivity index (χ0) is 20.7. The SMILES string of the molecule is CN(C)C(=O)N(CC(=O)N1CCc2sccc2C1c1ccc(Cl)cc1Cl)C1CC1. The fourth-order valence-corrected chi connectivity index (χ4v) is 5.29. The van der Waals surface area contributed by atoms with Gasteiger partial charge < -0.3 is 14.7 Å². The molecule has 4 rings (SSSR count). The first kappa shape index (κ1) is 20.5. The molecule has 1 fully saturated rings. The van der Waals surface area contributed by atoms with Crippen molar-refractivity contribution < 1.29 is 9.59 Å². The predicted octanol–water partition coefficient (Wildman–Crippen LogP) is 4.68. The van der Waals surface area contributed by atoms with Gasteiger partial charge in [0.15, 0.2) is 0 Å². The fourth-order valence-electron chi connectivity index (χ4n) is 3.88. The quantitative estimate of drug-likeness (QED) is 0.677. The Kier molecular flexibility index (Phi) is 5.78. The molecule has 2 aromatic rings. The number of carbonyl (C=O) groups excluding carboxylic acids is 2. The smallest absolute Gasteiger partial charge is 0.320 e. The highest BCUT2D eigenvalue weighted by atomic mass is 35.5. The molecule has 0 bridgehead atoms. The van der Waals surface area contributed by atoms with Crippen molar-refractivity contribution >= 4 is 46.5 Å². The Morgan fingerprint density at radius 3 is 2.59 bits per heavy atom. The number of amides is 3. The summed E-state index contributed by atoms with van der Waals surface area (Å²) in [6.45, 7) is 0.688. The molecule has 154 valence electrons. The highest BCUT2D eigenvalue weighted by molar-refractivity contribution is 7.10. The van der Waals surface area contributed by atoms with E-state index in [1.165, 1.54) is 9.78 Å². The summed E-state index contributed by atoms with van der Waals surface area (Å²) in [6, 6.07) is 7.26. The van der Waals surface area contributed by atoms with Gasteiger partial charge in [-0.2, -0.15) is 0 Å².